The van der Waals surface area contributed by atoms with E-state index in [0.717, 1.165) is 19.7 Å². The lowest BCUT2D eigenvalue weighted by atomic mass is 10.1. The van der Waals surface area contributed by atoms with Gasteiger partial charge in [0.1, 0.15) is 0 Å². The third-order valence-electron chi connectivity index (χ3n) is 2.61. The fourth-order valence-electron chi connectivity index (χ4n) is 1.41. The Morgan fingerprint density at radius 2 is 2.12 bits per heavy atom. The predicted molar refractivity (Wildman–Crippen MR) is 66.9 cm³/mol. The average Bonchev–Trinajstić information content (AvgIpc) is 2.08. The van der Waals surface area contributed by atoms with Crippen molar-refractivity contribution in [1.82, 2.24) is 10.2 Å². The first-order valence-corrected chi connectivity index (χ1v) is 5.65. The fourth-order valence-corrected chi connectivity index (χ4v) is 1.41. The van der Waals surface area contributed by atoms with E-state index in [4.69, 9.17) is 4.74 Å². The molecule has 0 saturated carbocycles. The molecule has 0 aliphatic carbocycles. The van der Waals surface area contributed by atoms with Gasteiger partial charge in [0.05, 0.1) is 19.1 Å². The Labute approximate surface area is 104 Å². The van der Waals surface area contributed by atoms with Crippen LogP contribution in [0.5, 0.6) is 0 Å². The highest BCUT2D eigenvalue weighted by Gasteiger charge is 2.24. The zero-order chi connectivity index (χ0) is 11.3. The van der Waals surface area contributed by atoms with Gasteiger partial charge in [-0.05, 0) is 5.92 Å². The van der Waals surface area contributed by atoms with Crippen molar-refractivity contribution in [3.63, 3.8) is 0 Å². The minimum Gasteiger partial charge on any atom is -0.381 e. The Kier molecular flexibility index (Phi) is 7.72. The Morgan fingerprint density at radius 3 is 2.56 bits per heavy atom. The van der Waals surface area contributed by atoms with Crippen molar-refractivity contribution in [2.75, 3.05) is 33.4 Å². The Morgan fingerprint density at radius 1 is 1.50 bits per heavy atom. The van der Waals surface area contributed by atoms with Gasteiger partial charge in [0.15, 0.2) is 0 Å². The molecule has 1 fully saturated rings. The van der Waals surface area contributed by atoms with E-state index in [9.17, 15) is 4.79 Å². The minimum absolute atomic E-state index is 0. The number of carbonyl (C=O) groups excluding carboxylic acids is 1. The number of hydrogen-bond acceptors (Lipinski definition) is 3. The molecular formula is C11H23ClN2O2. The van der Waals surface area contributed by atoms with E-state index in [-0.39, 0.29) is 18.3 Å². The summed E-state index contributed by atoms with van der Waals surface area (Å²) in [5.74, 6) is 0.721. The summed E-state index contributed by atoms with van der Waals surface area (Å²) in [5.41, 5.74) is 0. The topological polar surface area (TPSA) is 41.6 Å². The number of halogens is 1. The summed E-state index contributed by atoms with van der Waals surface area (Å²) >= 11 is 0. The van der Waals surface area contributed by atoms with E-state index in [2.05, 4.69) is 19.2 Å². The van der Waals surface area contributed by atoms with Crippen LogP contribution in [0.2, 0.25) is 0 Å². The summed E-state index contributed by atoms with van der Waals surface area (Å²) in [7, 11) is 1.87. The summed E-state index contributed by atoms with van der Waals surface area (Å²) < 4.78 is 5.38. The summed E-state index contributed by atoms with van der Waals surface area (Å²) in [4.78, 5) is 13.5. The lowest BCUT2D eigenvalue weighted by Gasteiger charge is -2.35. The Balaban J connectivity index is 0.00000225. The van der Waals surface area contributed by atoms with E-state index in [0.29, 0.717) is 25.0 Å². The van der Waals surface area contributed by atoms with Gasteiger partial charge in [0.25, 0.3) is 0 Å². The maximum Gasteiger partial charge on any atom is 0.224 e. The van der Waals surface area contributed by atoms with Crippen molar-refractivity contribution in [2.24, 2.45) is 5.92 Å². The maximum atomic E-state index is 11.6. The number of likely N-dealkylation sites (N-methyl/N-ethyl adjacent to an activating group) is 1. The lowest BCUT2D eigenvalue weighted by Crippen LogP contribution is -2.57. The van der Waals surface area contributed by atoms with Gasteiger partial charge in [-0.15, -0.1) is 12.4 Å². The molecule has 5 heteroatoms. The molecule has 1 amide bonds. The molecule has 1 saturated heterocycles. The van der Waals surface area contributed by atoms with Crippen LogP contribution in [0.15, 0.2) is 0 Å². The van der Waals surface area contributed by atoms with Crippen LogP contribution in [-0.4, -0.2) is 50.2 Å². The molecule has 0 aromatic rings. The number of nitrogens with one attached hydrogen (secondary N) is 1. The van der Waals surface area contributed by atoms with Crippen molar-refractivity contribution in [2.45, 2.75) is 26.3 Å². The predicted octanol–water partition coefficient (Wildman–Crippen LogP) is 0.901. The van der Waals surface area contributed by atoms with Gasteiger partial charge < -0.3 is 15.0 Å². The first-order chi connectivity index (χ1) is 7.11. The second-order valence-electron chi connectivity index (χ2n) is 4.54. The Hall–Kier alpha value is -0.320. The highest BCUT2D eigenvalue weighted by atomic mass is 35.5. The fraction of sp³-hybridized carbons (Fsp3) is 0.909. The highest BCUT2D eigenvalue weighted by Crippen LogP contribution is 2.04. The highest BCUT2D eigenvalue weighted by molar-refractivity contribution is 5.85. The van der Waals surface area contributed by atoms with Crippen molar-refractivity contribution in [3.05, 3.63) is 0 Å². The van der Waals surface area contributed by atoms with Crippen molar-refractivity contribution >= 4 is 18.3 Å². The van der Waals surface area contributed by atoms with Gasteiger partial charge in [-0.1, -0.05) is 13.8 Å². The molecule has 1 heterocycles. The molecule has 1 aliphatic rings. The first kappa shape index (κ1) is 15.7. The molecule has 4 nitrogen and oxygen atoms in total. The normalized spacial score (nSPS) is 15.5. The number of hydrogen-bond donors (Lipinski definition) is 1. The number of ether oxygens (including phenoxy) is 1. The summed E-state index contributed by atoms with van der Waals surface area (Å²) in [6.45, 7) is 7.34. The largest absolute Gasteiger partial charge is 0.381 e. The molecule has 0 unspecified atom stereocenters. The zero-order valence-electron chi connectivity index (χ0n) is 10.4. The van der Waals surface area contributed by atoms with Gasteiger partial charge in [-0.3, -0.25) is 4.79 Å². The van der Waals surface area contributed by atoms with Gasteiger partial charge in [-0.2, -0.15) is 0 Å². The zero-order valence-corrected chi connectivity index (χ0v) is 11.2. The number of amides is 1. The van der Waals surface area contributed by atoms with Crippen LogP contribution in [0.4, 0.5) is 0 Å². The summed E-state index contributed by atoms with van der Waals surface area (Å²) in [5, 5.41) is 3.15. The van der Waals surface area contributed by atoms with Crippen LogP contribution in [0, 0.1) is 5.92 Å². The monoisotopic (exact) mass is 250 g/mol. The van der Waals surface area contributed by atoms with E-state index >= 15 is 0 Å². The third kappa shape index (κ3) is 5.14. The molecule has 0 aromatic heterocycles. The quantitative estimate of drug-likeness (QED) is 0.713. The first-order valence-electron chi connectivity index (χ1n) is 5.65. The van der Waals surface area contributed by atoms with Crippen LogP contribution < -0.4 is 5.32 Å². The number of rotatable bonds is 6. The van der Waals surface area contributed by atoms with Crippen LogP contribution in [0.3, 0.4) is 0 Å². The van der Waals surface area contributed by atoms with Crippen LogP contribution in [0.25, 0.3) is 0 Å². The van der Waals surface area contributed by atoms with Crippen LogP contribution in [-0.2, 0) is 9.53 Å². The van der Waals surface area contributed by atoms with E-state index in [1.165, 1.54) is 0 Å². The average molecular weight is 251 g/mol. The number of carbonyl (C=O) groups is 1. The summed E-state index contributed by atoms with van der Waals surface area (Å²) in [6.07, 6.45) is 0.500. The van der Waals surface area contributed by atoms with Crippen LogP contribution in [0.1, 0.15) is 20.3 Å². The SMILES string of the molecule is CC(C)COCCC(=O)N(C)C1CNC1.Cl. The summed E-state index contributed by atoms with van der Waals surface area (Å²) in [6, 6.07) is 0.391. The molecule has 0 bridgehead atoms. The standard InChI is InChI=1S/C11H22N2O2.ClH/c1-9(2)8-15-5-4-11(14)13(3)10-6-12-7-10;/h9-10,12H,4-8H2,1-3H3;1H. The van der Waals surface area contributed by atoms with Gasteiger partial charge in [0.2, 0.25) is 5.91 Å². The molecule has 1 rings (SSSR count). The molecule has 1 aliphatic heterocycles. The van der Waals surface area contributed by atoms with Crippen molar-refractivity contribution in [1.29, 1.82) is 0 Å². The maximum absolute atomic E-state index is 11.6. The molecular weight excluding hydrogens is 228 g/mol. The van der Waals surface area contributed by atoms with Crippen molar-refractivity contribution < 1.29 is 9.53 Å². The molecule has 1 N–H and O–H groups in total. The van der Waals surface area contributed by atoms with Crippen LogP contribution >= 0.6 is 12.4 Å². The Bertz CT molecular complexity index is 208. The van der Waals surface area contributed by atoms with E-state index < -0.39 is 0 Å². The molecule has 0 atom stereocenters. The van der Waals surface area contributed by atoms with Crippen molar-refractivity contribution in [3.8, 4) is 0 Å². The molecule has 96 valence electrons. The smallest absolute Gasteiger partial charge is 0.224 e. The van der Waals surface area contributed by atoms with E-state index in [1.807, 2.05) is 11.9 Å². The lowest BCUT2D eigenvalue weighted by molar-refractivity contribution is -0.134. The minimum atomic E-state index is 0. The van der Waals surface area contributed by atoms with Gasteiger partial charge >= 0.3 is 0 Å². The third-order valence-corrected chi connectivity index (χ3v) is 2.61. The molecule has 0 radical (unpaired) electrons. The van der Waals surface area contributed by atoms with Gasteiger partial charge in [-0.25, -0.2) is 0 Å². The van der Waals surface area contributed by atoms with E-state index in [1.54, 1.807) is 0 Å². The molecule has 16 heavy (non-hydrogen) atoms. The molecule has 0 aromatic carbocycles. The second kappa shape index (κ2) is 7.87. The molecule has 0 spiro atoms. The van der Waals surface area contributed by atoms with Gasteiger partial charge in [0, 0.05) is 26.7 Å². The number of nitrogens with zero attached hydrogens (tertiary/aromatic N) is 1. The second-order valence-corrected chi connectivity index (χ2v) is 4.54.